The van der Waals surface area contributed by atoms with Crippen molar-refractivity contribution in [3.05, 3.63) is 71.8 Å². The summed E-state index contributed by atoms with van der Waals surface area (Å²) in [4.78, 5) is 6.19. The van der Waals surface area contributed by atoms with E-state index in [1.807, 2.05) is 0 Å². The third-order valence-corrected chi connectivity index (χ3v) is 8.00. The molecule has 2 nitrogen and oxygen atoms in total. The predicted molar refractivity (Wildman–Crippen MR) is 111 cm³/mol. The first kappa shape index (κ1) is 21.1. The molecule has 1 atom stereocenters. The van der Waals surface area contributed by atoms with E-state index in [2.05, 4.69) is 111 Å². The molecule has 2 aromatic carbocycles. The molecule has 1 unspecified atom stereocenters. The number of para-hydroxylation sites is 1. The molecule has 0 bridgehead atoms. The molecular formula is C22H29LiN2Si. The Balaban J connectivity index is 0.00000243. The second-order valence-electron chi connectivity index (χ2n) is 8.50. The van der Waals surface area contributed by atoms with E-state index in [0.717, 1.165) is 0 Å². The van der Waals surface area contributed by atoms with Crippen LogP contribution in [-0.2, 0) is 0 Å². The van der Waals surface area contributed by atoms with Gasteiger partial charge in [0.1, 0.15) is 8.24 Å². The van der Waals surface area contributed by atoms with Crippen molar-refractivity contribution in [3.8, 4) is 0 Å². The minimum Gasteiger partial charge on any atom is -0.379 e. The molecule has 0 spiro atoms. The molecule has 0 saturated heterocycles. The van der Waals surface area contributed by atoms with E-state index in [0.29, 0.717) is 5.54 Å². The molecule has 3 rings (SSSR count). The Morgan fingerprint density at radius 3 is 2.15 bits per heavy atom. The number of nitrogens with one attached hydrogen (secondary N) is 1. The molecule has 0 heterocycles. The minimum absolute atomic E-state index is 0. The summed E-state index contributed by atoms with van der Waals surface area (Å²) >= 11 is 0. The number of nitrogens with zero attached hydrogens (tertiary/aromatic N) is 1. The summed E-state index contributed by atoms with van der Waals surface area (Å²) in [5.41, 5.74) is 5.58. The zero-order valence-corrected chi connectivity index (χ0v) is 18.2. The van der Waals surface area contributed by atoms with Gasteiger partial charge >= 0.3 is 18.9 Å². The van der Waals surface area contributed by atoms with Crippen LogP contribution in [0.25, 0.3) is 5.70 Å². The molecule has 1 aliphatic carbocycles. The first-order valence-corrected chi connectivity index (χ1v) is 12.1. The molecule has 1 N–H and O–H groups in total. The molecule has 0 aliphatic heterocycles. The Hall–Kier alpha value is -1.25. The van der Waals surface area contributed by atoms with Crippen molar-refractivity contribution in [2.75, 3.05) is 11.9 Å². The van der Waals surface area contributed by atoms with Crippen LogP contribution >= 0.6 is 0 Å². The van der Waals surface area contributed by atoms with E-state index in [-0.39, 0.29) is 24.4 Å². The molecule has 4 heteroatoms. The van der Waals surface area contributed by atoms with Crippen molar-refractivity contribution in [2.45, 2.75) is 44.9 Å². The largest absolute Gasteiger partial charge is 1.00 e. The number of hydrogen-bond acceptors (Lipinski definition) is 2. The Labute approximate surface area is 172 Å². The second kappa shape index (κ2) is 7.78. The molecular weight excluding hydrogens is 327 g/mol. The Bertz CT molecular complexity index is 778. The monoisotopic (exact) mass is 356 g/mol. The average Bonchev–Trinajstić information content (AvgIpc) is 2.93. The molecule has 1 aliphatic rings. The van der Waals surface area contributed by atoms with E-state index < -0.39 is 8.24 Å². The maximum Gasteiger partial charge on any atom is 1.00 e. The quantitative estimate of drug-likeness (QED) is 0.667. The number of fused-ring (bicyclic) bond motifs is 1. The van der Waals surface area contributed by atoms with Gasteiger partial charge in [-0.1, -0.05) is 55.0 Å². The number of rotatable bonds is 4. The van der Waals surface area contributed by atoms with Crippen molar-refractivity contribution < 1.29 is 18.9 Å². The van der Waals surface area contributed by atoms with Gasteiger partial charge in [-0.15, -0.1) is 17.3 Å². The minimum atomic E-state index is -1.75. The molecule has 0 saturated carbocycles. The predicted octanol–water partition coefficient (Wildman–Crippen LogP) is 2.20. The summed E-state index contributed by atoms with van der Waals surface area (Å²) in [6.45, 7) is 11.6. The van der Waals surface area contributed by atoms with Gasteiger partial charge in [-0.25, -0.2) is 6.08 Å². The Morgan fingerprint density at radius 2 is 1.54 bits per heavy atom. The fourth-order valence-electron chi connectivity index (χ4n) is 3.92. The maximum absolute atomic E-state index is 3.92. The molecule has 0 aromatic heterocycles. The maximum atomic E-state index is 3.92. The fraction of sp³-hybridized carbons (Fsp3) is 0.364. The third kappa shape index (κ3) is 4.35. The van der Waals surface area contributed by atoms with E-state index in [9.17, 15) is 0 Å². The van der Waals surface area contributed by atoms with Crippen LogP contribution in [0, 0.1) is 6.08 Å². The second-order valence-corrected chi connectivity index (χ2v) is 12.8. The van der Waals surface area contributed by atoms with Crippen LogP contribution in [0.2, 0.25) is 13.1 Å². The van der Waals surface area contributed by atoms with Crippen LogP contribution < -0.4 is 28.7 Å². The summed E-state index contributed by atoms with van der Waals surface area (Å²) in [7, 11) is 0.387. The number of anilines is 1. The van der Waals surface area contributed by atoms with Crippen molar-refractivity contribution >= 4 is 19.6 Å². The van der Waals surface area contributed by atoms with Gasteiger partial charge in [0.25, 0.3) is 0 Å². The van der Waals surface area contributed by atoms with E-state index in [1.54, 1.807) is 0 Å². The van der Waals surface area contributed by atoms with Gasteiger partial charge in [0, 0.05) is 18.3 Å². The van der Waals surface area contributed by atoms with Crippen molar-refractivity contribution in [2.24, 2.45) is 0 Å². The number of benzene rings is 2. The van der Waals surface area contributed by atoms with E-state index in [1.165, 1.54) is 22.5 Å². The van der Waals surface area contributed by atoms with E-state index in [4.69, 9.17) is 0 Å². The average molecular weight is 357 g/mol. The normalized spacial score (nSPS) is 16.5. The zero-order valence-electron chi connectivity index (χ0n) is 17.2. The van der Waals surface area contributed by atoms with Crippen LogP contribution in [-0.4, -0.2) is 20.8 Å². The van der Waals surface area contributed by atoms with Gasteiger partial charge in [0.2, 0.25) is 0 Å². The summed E-state index contributed by atoms with van der Waals surface area (Å²) in [5.74, 6) is 0. The first-order valence-electron chi connectivity index (χ1n) is 9.00. The summed E-state index contributed by atoms with van der Waals surface area (Å²) < 4.78 is 0. The molecule has 132 valence electrons. The standard InChI is InChI=1S/C22H29N2Si.Li/c1-22(2,3)23-25(5,6)21-16-20(18-14-10-11-15-19(18)21)24(4)17-12-8-7-9-13-17;/h7-15,21,23H,1-6H3;/q-1;+1. The topological polar surface area (TPSA) is 15.3 Å². The molecule has 0 amide bonds. The first-order chi connectivity index (χ1) is 11.7. The molecule has 0 radical (unpaired) electrons. The summed E-state index contributed by atoms with van der Waals surface area (Å²) in [6.07, 6.45) is 3.86. The molecule has 2 aromatic rings. The number of hydrogen-bond donors (Lipinski definition) is 1. The third-order valence-electron chi connectivity index (χ3n) is 4.71. The van der Waals surface area contributed by atoms with Gasteiger partial charge in [0.15, 0.2) is 0 Å². The van der Waals surface area contributed by atoms with Crippen molar-refractivity contribution in [3.63, 3.8) is 0 Å². The summed E-state index contributed by atoms with van der Waals surface area (Å²) in [5, 5.41) is 0. The Kier molecular flexibility index (Phi) is 6.30. The molecule has 26 heavy (non-hydrogen) atoms. The van der Waals surface area contributed by atoms with Gasteiger partial charge < -0.3 is 9.88 Å². The fourth-order valence-corrected chi connectivity index (χ4v) is 7.53. The van der Waals surface area contributed by atoms with Crippen LogP contribution in [0.4, 0.5) is 5.69 Å². The van der Waals surface area contributed by atoms with Crippen LogP contribution in [0.5, 0.6) is 0 Å². The SMILES string of the molecule is CN(C1=[C-]C([Si](C)(C)NC(C)(C)C)c2ccccc21)c1ccccc1.[Li+]. The molecule has 0 fully saturated rings. The van der Waals surface area contributed by atoms with E-state index >= 15 is 0 Å². The van der Waals surface area contributed by atoms with Gasteiger partial charge in [-0.3, -0.25) is 0 Å². The Morgan fingerprint density at radius 1 is 0.962 bits per heavy atom. The van der Waals surface area contributed by atoms with Crippen molar-refractivity contribution in [1.29, 1.82) is 0 Å². The van der Waals surface area contributed by atoms with Crippen LogP contribution in [0.3, 0.4) is 0 Å². The van der Waals surface area contributed by atoms with Crippen molar-refractivity contribution in [1.82, 2.24) is 4.98 Å². The number of allylic oxidation sites excluding steroid dienone is 1. The van der Waals surface area contributed by atoms with Gasteiger partial charge in [0.05, 0.1) is 0 Å². The summed E-state index contributed by atoms with van der Waals surface area (Å²) in [6, 6.07) is 19.3. The van der Waals surface area contributed by atoms with Crippen LogP contribution in [0.1, 0.15) is 37.4 Å². The van der Waals surface area contributed by atoms with Gasteiger partial charge in [-0.05, 0) is 32.9 Å². The van der Waals surface area contributed by atoms with Gasteiger partial charge in [-0.2, -0.15) is 5.56 Å². The van der Waals surface area contributed by atoms with Crippen LogP contribution in [0.15, 0.2) is 54.6 Å². The zero-order chi connectivity index (χ0) is 18.2. The smallest absolute Gasteiger partial charge is 0.379 e.